The Balaban J connectivity index is 1.53. The number of benzene rings is 1. The molecule has 1 aromatic rings. The van der Waals surface area contributed by atoms with Crippen molar-refractivity contribution in [2.24, 2.45) is 16.8 Å². The van der Waals surface area contributed by atoms with Gasteiger partial charge in [0.25, 0.3) is 5.91 Å². The van der Waals surface area contributed by atoms with Crippen molar-refractivity contribution >= 4 is 11.9 Å². The molecular weight excluding hydrogens is 352 g/mol. The maximum Gasteiger partial charge on any atom is 0.251 e. The Kier molecular flexibility index (Phi) is 7.31. The lowest BCUT2D eigenvalue weighted by Gasteiger charge is -2.37. The summed E-state index contributed by atoms with van der Waals surface area (Å²) in [5, 5.41) is 6.45. The van der Waals surface area contributed by atoms with Crippen LogP contribution in [0.1, 0.15) is 49.0 Å². The van der Waals surface area contributed by atoms with Crippen LogP contribution in [-0.2, 0) is 11.3 Å². The van der Waals surface area contributed by atoms with Gasteiger partial charge in [-0.25, -0.2) is 0 Å². The number of carbonyl (C=O) groups is 1. The average Bonchev–Trinajstić information content (AvgIpc) is 3.20. The molecule has 0 aliphatic carbocycles. The van der Waals surface area contributed by atoms with Crippen LogP contribution in [0.2, 0.25) is 0 Å². The third-order valence-electron chi connectivity index (χ3n) is 5.53. The minimum atomic E-state index is -0.0413. The summed E-state index contributed by atoms with van der Waals surface area (Å²) in [7, 11) is 1.83. The predicted molar refractivity (Wildman–Crippen MR) is 112 cm³/mol. The Morgan fingerprint density at radius 1 is 1.25 bits per heavy atom. The molecule has 2 N–H and O–H groups in total. The van der Waals surface area contributed by atoms with Crippen LogP contribution in [0, 0.1) is 11.8 Å². The summed E-state index contributed by atoms with van der Waals surface area (Å²) < 4.78 is 5.57. The van der Waals surface area contributed by atoms with Gasteiger partial charge in [0.15, 0.2) is 5.96 Å². The predicted octanol–water partition coefficient (Wildman–Crippen LogP) is 2.65. The highest BCUT2D eigenvalue weighted by Gasteiger charge is 2.24. The van der Waals surface area contributed by atoms with Crippen LogP contribution in [0.5, 0.6) is 0 Å². The second kappa shape index (κ2) is 9.92. The normalized spacial score (nSPS) is 25.6. The fourth-order valence-electron chi connectivity index (χ4n) is 4.29. The standard InChI is InChI=1S/C22H34N4O2/c1-16-10-17(2)15-26(14-16)22(23-3)25-12-18-6-4-7-19(11-18)21(27)24-13-20-8-5-9-28-20/h4,6-7,11,16-17,20H,5,8-10,12-15H2,1-3H3,(H,23,25)(H,24,27). The number of ether oxygens (including phenoxy) is 1. The highest BCUT2D eigenvalue weighted by atomic mass is 16.5. The zero-order valence-electron chi connectivity index (χ0n) is 17.4. The van der Waals surface area contributed by atoms with E-state index < -0.39 is 0 Å². The molecule has 0 aromatic heterocycles. The van der Waals surface area contributed by atoms with Gasteiger partial charge in [-0.15, -0.1) is 0 Å². The molecule has 3 rings (SSSR count). The van der Waals surface area contributed by atoms with E-state index in [1.165, 1.54) is 6.42 Å². The number of hydrogen-bond acceptors (Lipinski definition) is 3. The van der Waals surface area contributed by atoms with Crippen molar-refractivity contribution in [1.82, 2.24) is 15.5 Å². The molecule has 0 bridgehead atoms. The number of hydrogen-bond donors (Lipinski definition) is 2. The molecule has 154 valence electrons. The van der Waals surface area contributed by atoms with Gasteiger partial charge in [0.2, 0.25) is 0 Å². The minimum Gasteiger partial charge on any atom is -0.376 e. The quantitative estimate of drug-likeness (QED) is 0.603. The summed E-state index contributed by atoms with van der Waals surface area (Å²) in [6.45, 7) is 8.71. The van der Waals surface area contributed by atoms with E-state index in [2.05, 4.69) is 34.4 Å². The maximum atomic E-state index is 12.4. The van der Waals surface area contributed by atoms with Gasteiger partial charge in [-0.2, -0.15) is 0 Å². The molecule has 6 nitrogen and oxygen atoms in total. The van der Waals surface area contributed by atoms with Gasteiger partial charge in [0, 0.05) is 45.4 Å². The third kappa shape index (κ3) is 5.71. The van der Waals surface area contributed by atoms with Crippen molar-refractivity contribution in [2.75, 3.05) is 33.3 Å². The number of piperidine rings is 1. The summed E-state index contributed by atoms with van der Waals surface area (Å²) >= 11 is 0. The molecule has 0 saturated carbocycles. The van der Waals surface area contributed by atoms with Crippen LogP contribution in [0.4, 0.5) is 0 Å². The molecule has 0 spiro atoms. The summed E-state index contributed by atoms with van der Waals surface area (Å²) in [5.41, 5.74) is 1.76. The third-order valence-corrected chi connectivity index (χ3v) is 5.53. The fourth-order valence-corrected chi connectivity index (χ4v) is 4.29. The lowest BCUT2D eigenvalue weighted by molar-refractivity contribution is 0.0857. The number of rotatable bonds is 5. The molecular formula is C22H34N4O2. The van der Waals surface area contributed by atoms with Gasteiger partial charge in [-0.1, -0.05) is 26.0 Å². The Bertz CT molecular complexity index is 675. The molecule has 28 heavy (non-hydrogen) atoms. The van der Waals surface area contributed by atoms with Gasteiger partial charge in [-0.3, -0.25) is 9.79 Å². The molecule has 2 heterocycles. The van der Waals surface area contributed by atoms with Crippen molar-refractivity contribution in [2.45, 2.75) is 45.8 Å². The number of aliphatic imine (C=N–C) groups is 1. The lowest BCUT2D eigenvalue weighted by atomic mass is 9.92. The Morgan fingerprint density at radius 2 is 2.04 bits per heavy atom. The van der Waals surface area contributed by atoms with Gasteiger partial charge in [0.1, 0.15) is 0 Å². The molecule has 2 saturated heterocycles. The van der Waals surface area contributed by atoms with Crippen molar-refractivity contribution in [1.29, 1.82) is 0 Å². The fraction of sp³-hybridized carbons (Fsp3) is 0.636. The first kappa shape index (κ1) is 20.6. The van der Waals surface area contributed by atoms with E-state index in [1.54, 1.807) is 0 Å². The van der Waals surface area contributed by atoms with Gasteiger partial charge in [0.05, 0.1) is 6.10 Å². The second-order valence-electron chi connectivity index (χ2n) is 8.30. The maximum absolute atomic E-state index is 12.4. The van der Waals surface area contributed by atoms with E-state index in [-0.39, 0.29) is 12.0 Å². The first-order valence-electron chi connectivity index (χ1n) is 10.5. The molecule has 3 unspecified atom stereocenters. The van der Waals surface area contributed by atoms with Crippen molar-refractivity contribution in [3.8, 4) is 0 Å². The van der Waals surface area contributed by atoms with Crippen LogP contribution >= 0.6 is 0 Å². The minimum absolute atomic E-state index is 0.0413. The number of amides is 1. The smallest absolute Gasteiger partial charge is 0.251 e. The summed E-state index contributed by atoms with van der Waals surface area (Å²) in [6.07, 6.45) is 3.54. The Hall–Kier alpha value is -2.08. The molecule has 3 atom stereocenters. The lowest BCUT2D eigenvalue weighted by Crippen LogP contribution is -2.48. The number of nitrogens with one attached hydrogen (secondary N) is 2. The molecule has 1 aromatic carbocycles. The summed E-state index contributed by atoms with van der Waals surface area (Å²) in [4.78, 5) is 19.3. The SMILES string of the molecule is CN=C(NCc1cccc(C(=O)NCC2CCCO2)c1)N1CC(C)CC(C)C1. The largest absolute Gasteiger partial charge is 0.376 e. The van der Waals surface area contributed by atoms with Gasteiger partial charge >= 0.3 is 0 Å². The molecule has 1 amide bonds. The van der Waals surface area contributed by atoms with Gasteiger partial charge in [-0.05, 0) is 48.8 Å². The van der Waals surface area contributed by atoms with E-state index in [1.807, 2.05) is 31.3 Å². The number of likely N-dealkylation sites (tertiary alicyclic amines) is 1. The zero-order chi connectivity index (χ0) is 19.9. The summed E-state index contributed by atoms with van der Waals surface area (Å²) in [6, 6.07) is 7.79. The average molecular weight is 387 g/mol. The number of carbonyl (C=O) groups excluding carboxylic acids is 1. The van der Waals surface area contributed by atoms with Gasteiger partial charge < -0.3 is 20.3 Å². The number of nitrogens with zero attached hydrogens (tertiary/aromatic N) is 2. The first-order valence-corrected chi connectivity index (χ1v) is 10.5. The molecule has 2 fully saturated rings. The Labute approximate surface area is 168 Å². The molecule has 0 radical (unpaired) electrons. The van der Waals surface area contributed by atoms with E-state index in [9.17, 15) is 4.79 Å². The molecule has 2 aliphatic rings. The van der Waals surface area contributed by atoms with E-state index in [4.69, 9.17) is 4.74 Å². The van der Waals surface area contributed by atoms with Crippen LogP contribution in [0.3, 0.4) is 0 Å². The van der Waals surface area contributed by atoms with E-state index in [0.717, 1.165) is 44.1 Å². The second-order valence-corrected chi connectivity index (χ2v) is 8.30. The van der Waals surface area contributed by atoms with Crippen molar-refractivity contribution in [3.05, 3.63) is 35.4 Å². The van der Waals surface area contributed by atoms with Crippen LogP contribution in [-0.4, -0.2) is 56.2 Å². The topological polar surface area (TPSA) is 66.0 Å². The number of guanidine groups is 1. The van der Waals surface area contributed by atoms with Crippen molar-refractivity contribution in [3.63, 3.8) is 0 Å². The van der Waals surface area contributed by atoms with Crippen LogP contribution < -0.4 is 10.6 Å². The Morgan fingerprint density at radius 3 is 2.71 bits per heavy atom. The first-order chi connectivity index (χ1) is 13.5. The van der Waals surface area contributed by atoms with E-state index in [0.29, 0.717) is 30.5 Å². The molecule has 2 aliphatic heterocycles. The summed E-state index contributed by atoms with van der Waals surface area (Å²) in [5.74, 6) is 2.25. The monoisotopic (exact) mass is 386 g/mol. The van der Waals surface area contributed by atoms with E-state index >= 15 is 0 Å². The molecule has 6 heteroatoms. The highest BCUT2D eigenvalue weighted by molar-refractivity contribution is 5.94. The highest BCUT2D eigenvalue weighted by Crippen LogP contribution is 2.21. The van der Waals surface area contributed by atoms with Crippen molar-refractivity contribution < 1.29 is 9.53 Å². The van der Waals surface area contributed by atoms with Crippen LogP contribution in [0.25, 0.3) is 0 Å². The van der Waals surface area contributed by atoms with Crippen LogP contribution in [0.15, 0.2) is 29.3 Å². The zero-order valence-corrected chi connectivity index (χ0v) is 17.4.